The van der Waals surface area contributed by atoms with Crippen LogP contribution < -0.4 is 5.32 Å². The number of thiophene rings is 1. The van der Waals surface area contributed by atoms with Gasteiger partial charge in [-0.05, 0) is 41.1 Å². The van der Waals surface area contributed by atoms with Crippen molar-refractivity contribution in [2.45, 2.75) is 35.4 Å². The quantitative estimate of drug-likeness (QED) is 0.887. The van der Waals surface area contributed by atoms with Gasteiger partial charge in [0.15, 0.2) is 0 Å². The summed E-state index contributed by atoms with van der Waals surface area (Å²) in [6.45, 7) is 3.07. The number of rotatable bonds is 3. The molecule has 0 fully saturated rings. The fraction of sp³-hybridized carbons (Fsp3) is 0.333. The fourth-order valence-corrected chi connectivity index (χ4v) is 4.95. The first-order chi connectivity index (χ1) is 9.22. The molecule has 4 heteroatoms. The minimum Gasteiger partial charge on any atom is -0.306 e. The summed E-state index contributed by atoms with van der Waals surface area (Å²) in [7, 11) is 0. The van der Waals surface area contributed by atoms with Crippen molar-refractivity contribution in [3.8, 4) is 0 Å². The van der Waals surface area contributed by atoms with E-state index < -0.39 is 0 Å². The second-order valence-electron chi connectivity index (χ2n) is 4.89. The Labute approximate surface area is 121 Å². The normalized spacial score (nSPS) is 22.2. The number of hydrogen-bond donors (Lipinski definition) is 1. The van der Waals surface area contributed by atoms with Crippen LogP contribution in [0.2, 0.25) is 0 Å². The SMILES string of the molecule is C[C@H]1CC(NCc2ccc(F)cc2)c2ccsc2S1. The highest BCUT2D eigenvalue weighted by Crippen LogP contribution is 2.43. The lowest BCUT2D eigenvalue weighted by molar-refractivity contribution is 0.488. The molecule has 2 heterocycles. The summed E-state index contributed by atoms with van der Waals surface area (Å²) in [6, 6.07) is 9.37. The third-order valence-electron chi connectivity index (χ3n) is 3.38. The van der Waals surface area contributed by atoms with Crippen molar-refractivity contribution in [1.29, 1.82) is 0 Å². The van der Waals surface area contributed by atoms with Gasteiger partial charge in [0.25, 0.3) is 0 Å². The highest BCUT2D eigenvalue weighted by Gasteiger charge is 2.25. The first kappa shape index (κ1) is 13.2. The zero-order chi connectivity index (χ0) is 13.2. The number of thioether (sulfide) groups is 1. The molecule has 2 atom stereocenters. The smallest absolute Gasteiger partial charge is 0.123 e. The lowest BCUT2D eigenvalue weighted by Crippen LogP contribution is -2.26. The van der Waals surface area contributed by atoms with Gasteiger partial charge in [-0.25, -0.2) is 4.39 Å². The number of nitrogens with one attached hydrogen (secondary N) is 1. The van der Waals surface area contributed by atoms with Gasteiger partial charge >= 0.3 is 0 Å². The second-order valence-corrected chi connectivity index (χ2v) is 7.51. The summed E-state index contributed by atoms with van der Waals surface area (Å²) >= 11 is 3.80. The Morgan fingerprint density at radius 3 is 2.84 bits per heavy atom. The van der Waals surface area contributed by atoms with E-state index in [-0.39, 0.29) is 5.82 Å². The molecule has 1 nitrogen and oxygen atoms in total. The predicted molar refractivity (Wildman–Crippen MR) is 80.2 cm³/mol. The van der Waals surface area contributed by atoms with Crippen LogP contribution in [0.5, 0.6) is 0 Å². The molecule has 1 aliphatic heterocycles. The highest BCUT2D eigenvalue weighted by molar-refractivity contribution is 8.01. The average Bonchev–Trinajstić information content (AvgIpc) is 2.85. The Kier molecular flexibility index (Phi) is 3.91. The van der Waals surface area contributed by atoms with Gasteiger partial charge in [0, 0.05) is 17.8 Å². The van der Waals surface area contributed by atoms with E-state index in [1.54, 1.807) is 0 Å². The molecular formula is C15H16FNS2. The maximum absolute atomic E-state index is 12.9. The van der Waals surface area contributed by atoms with Crippen molar-refractivity contribution in [1.82, 2.24) is 5.32 Å². The molecule has 3 rings (SSSR count). The van der Waals surface area contributed by atoms with E-state index in [0.717, 1.165) is 18.5 Å². The molecule has 1 N–H and O–H groups in total. The van der Waals surface area contributed by atoms with E-state index in [2.05, 4.69) is 23.7 Å². The Morgan fingerprint density at radius 1 is 1.26 bits per heavy atom. The number of benzene rings is 1. The van der Waals surface area contributed by atoms with Crippen LogP contribution in [0.25, 0.3) is 0 Å². The van der Waals surface area contributed by atoms with Gasteiger partial charge in [0.1, 0.15) is 5.82 Å². The third kappa shape index (κ3) is 3.02. The molecule has 0 bridgehead atoms. The van der Waals surface area contributed by atoms with Crippen molar-refractivity contribution in [3.63, 3.8) is 0 Å². The molecular weight excluding hydrogens is 277 g/mol. The maximum atomic E-state index is 12.9. The Bertz CT molecular complexity index is 550. The fourth-order valence-electron chi connectivity index (χ4n) is 2.39. The molecule has 100 valence electrons. The molecule has 1 unspecified atom stereocenters. The topological polar surface area (TPSA) is 12.0 Å². The molecule has 0 saturated carbocycles. The van der Waals surface area contributed by atoms with Crippen LogP contribution in [-0.2, 0) is 6.54 Å². The Morgan fingerprint density at radius 2 is 2.05 bits per heavy atom. The van der Waals surface area contributed by atoms with Gasteiger partial charge in [0.2, 0.25) is 0 Å². The van der Waals surface area contributed by atoms with Gasteiger partial charge in [-0.1, -0.05) is 19.1 Å². The molecule has 0 aliphatic carbocycles. The summed E-state index contributed by atoms with van der Waals surface area (Å²) < 4.78 is 14.3. The highest BCUT2D eigenvalue weighted by atomic mass is 32.2. The van der Waals surface area contributed by atoms with Crippen LogP contribution in [-0.4, -0.2) is 5.25 Å². The number of halogens is 1. The van der Waals surface area contributed by atoms with E-state index in [9.17, 15) is 4.39 Å². The molecule has 0 saturated heterocycles. The van der Waals surface area contributed by atoms with Gasteiger partial charge in [-0.2, -0.15) is 0 Å². The lowest BCUT2D eigenvalue weighted by Gasteiger charge is -2.27. The summed E-state index contributed by atoms with van der Waals surface area (Å²) in [5.74, 6) is -0.174. The first-order valence-electron chi connectivity index (χ1n) is 6.44. The molecule has 1 aromatic carbocycles. The van der Waals surface area contributed by atoms with Crippen molar-refractivity contribution < 1.29 is 4.39 Å². The number of fused-ring (bicyclic) bond motifs is 1. The second kappa shape index (κ2) is 5.65. The molecule has 1 aromatic heterocycles. The van der Waals surface area contributed by atoms with Gasteiger partial charge in [-0.3, -0.25) is 0 Å². The lowest BCUT2D eigenvalue weighted by atomic mass is 10.0. The summed E-state index contributed by atoms with van der Waals surface area (Å²) in [5.41, 5.74) is 2.55. The maximum Gasteiger partial charge on any atom is 0.123 e. The summed E-state index contributed by atoms with van der Waals surface area (Å²) in [5, 5.41) is 6.42. The van der Waals surface area contributed by atoms with Gasteiger partial charge in [-0.15, -0.1) is 23.1 Å². The Balaban J connectivity index is 1.69. The van der Waals surface area contributed by atoms with Gasteiger partial charge in [0.05, 0.1) is 4.21 Å². The van der Waals surface area contributed by atoms with E-state index in [1.807, 2.05) is 35.2 Å². The minimum absolute atomic E-state index is 0.174. The molecule has 2 aromatic rings. The van der Waals surface area contributed by atoms with E-state index in [0.29, 0.717) is 11.3 Å². The molecule has 19 heavy (non-hydrogen) atoms. The van der Waals surface area contributed by atoms with Crippen LogP contribution >= 0.6 is 23.1 Å². The monoisotopic (exact) mass is 293 g/mol. The summed E-state index contributed by atoms with van der Waals surface area (Å²) in [6.07, 6.45) is 1.15. The first-order valence-corrected chi connectivity index (χ1v) is 8.20. The van der Waals surface area contributed by atoms with Crippen LogP contribution in [0.4, 0.5) is 4.39 Å². The van der Waals surface area contributed by atoms with E-state index >= 15 is 0 Å². The molecule has 1 aliphatic rings. The molecule has 0 spiro atoms. The average molecular weight is 293 g/mol. The third-order valence-corrected chi connectivity index (χ3v) is 5.72. The minimum atomic E-state index is -0.174. The van der Waals surface area contributed by atoms with Crippen LogP contribution in [0.3, 0.4) is 0 Å². The molecule has 0 amide bonds. The number of hydrogen-bond acceptors (Lipinski definition) is 3. The van der Waals surface area contributed by atoms with Gasteiger partial charge < -0.3 is 5.32 Å². The van der Waals surface area contributed by atoms with Crippen LogP contribution in [0, 0.1) is 5.82 Å². The summed E-state index contributed by atoms with van der Waals surface area (Å²) in [4.78, 5) is 0. The van der Waals surface area contributed by atoms with E-state index in [1.165, 1.54) is 21.9 Å². The Hall–Kier alpha value is -0.840. The van der Waals surface area contributed by atoms with Crippen molar-refractivity contribution in [3.05, 3.63) is 52.7 Å². The van der Waals surface area contributed by atoms with Crippen LogP contribution in [0.1, 0.15) is 30.5 Å². The van der Waals surface area contributed by atoms with Crippen LogP contribution in [0.15, 0.2) is 39.9 Å². The largest absolute Gasteiger partial charge is 0.306 e. The zero-order valence-electron chi connectivity index (χ0n) is 10.7. The van der Waals surface area contributed by atoms with Crippen molar-refractivity contribution in [2.24, 2.45) is 0 Å². The molecule has 0 radical (unpaired) electrons. The van der Waals surface area contributed by atoms with Crippen molar-refractivity contribution >= 4 is 23.1 Å². The predicted octanol–water partition coefficient (Wildman–Crippen LogP) is 4.60. The standard InChI is InChI=1S/C15H16FNS2/c1-10-8-14(13-6-7-18-15(13)19-10)17-9-11-2-4-12(16)5-3-11/h2-7,10,14,17H,8-9H2,1H3/t10-,14?/m0/s1. The van der Waals surface area contributed by atoms with E-state index in [4.69, 9.17) is 0 Å². The van der Waals surface area contributed by atoms with Crippen molar-refractivity contribution in [2.75, 3.05) is 0 Å². The zero-order valence-corrected chi connectivity index (χ0v) is 12.4.